The van der Waals surface area contributed by atoms with Gasteiger partial charge in [-0.05, 0) is 37.5 Å². The van der Waals surface area contributed by atoms with E-state index in [-0.39, 0.29) is 42.0 Å². The van der Waals surface area contributed by atoms with Crippen LogP contribution in [0.1, 0.15) is 72.0 Å². The van der Waals surface area contributed by atoms with Gasteiger partial charge in [0.2, 0.25) is 5.91 Å². The van der Waals surface area contributed by atoms with Crippen molar-refractivity contribution in [3.63, 3.8) is 0 Å². The molecule has 0 radical (unpaired) electrons. The summed E-state index contributed by atoms with van der Waals surface area (Å²) in [7, 11) is 0. The van der Waals surface area contributed by atoms with E-state index in [1.54, 1.807) is 13.8 Å². The van der Waals surface area contributed by atoms with Gasteiger partial charge in [-0.3, -0.25) is 14.4 Å². The third kappa shape index (κ3) is 10.6. The van der Waals surface area contributed by atoms with E-state index in [9.17, 15) is 34.8 Å². The Kier molecular flexibility index (Phi) is 19.2. The van der Waals surface area contributed by atoms with Crippen molar-refractivity contribution >= 4 is 23.4 Å². The highest BCUT2D eigenvalue weighted by Crippen LogP contribution is 2.34. The first-order valence-electron chi connectivity index (χ1n) is 12.8. The van der Waals surface area contributed by atoms with Gasteiger partial charge < -0.3 is 46.2 Å². The van der Waals surface area contributed by atoms with Crippen molar-refractivity contribution in [3.8, 4) is 0 Å². The molecule has 0 spiro atoms. The molecule has 0 aliphatic heterocycles. The number of aliphatic hydroxyl groups is 6. The number of hydrogen-bond acceptors (Lipinski definition) is 9. The number of nitrogens with one attached hydrogen (secondary N) is 2. The Morgan fingerprint density at radius 3 is 1.32 bits per heavy atom. The lowest BCUT2D eigenvalue weighted by atomic mass is 9.89. The summed E-state index contributed by atoms with van der Waals surface area (Å²) < 4.78 is 0. The maximum Gasteiger partial charge on any atom is 0.252 e. The maximum absolute atomic E-state index is 13.0. The molecule has 0 aromatic heterocycles. The molecule has 0 heterocycles. The van der Waals surface area contributed by atoms with E-state index in [1.165, 1.54) is 13.8 Å². The zero-order valence-corrected chi connectivity index (χ0v) is 23.8. The highest BCUT2D eigenvalue weighted by molar-refractivity contribution is 6.08. The zero-order valence-electron chi connectivity index (χ0n) is 23.8. The second kappa shape index (κ2) is 19.5. The summed E-state index contributed by atoms with van der Waals surface area (Å²) in [6, 6.07) is 0. The van der Waals surface area contributed by atoms with Gasteiger partial charge in [-0.25, -0.2) is 0 Å². The molecule has 12 heteroatoms. The molecule has 12 nitrogen and oxygen atoms in total. The van der Waals surface area contributed by atoms with Crippen molar-refractivity contribution in [1.29, 1.82) is 0 Å². The topological polar surface area (TPSA) is 200 Å². The fourth-order valence-electron chi connectivity index (χ4n) is 3.66. The summed E-state index contributed by atoms with van der Waals surface area (Å²) in [6.07, 6.45) is -3.69. The van der Waals surface area contributed by atoms with Gasteiger partial charge in [0.15, 0.2) is 0 Å². The second-order valence-corrected chi connectivity index (χ2v) is 8.03. The standard InChI is InChI=1S/C22H35N3O9.2C2H6/c1-11-18(21(33)23-5-15(30)8-26)12(2)20(25(14(4)29)7-17(32)10-28)13(3)19(11)22(34)24-6-16(31)9-27;2*1-2/h15-17,26-28,30-32H,5-10H2,1-4H3,(H,23,33)(H,24,34);2*1-2H3. The first-order valence-corrected chi connectivity index (χ1v) is 12.8. The lowest BCUT2D eigenvalue weighted by Gasteiger charge is -2.30. The van der Waals surface area contributed by atoms with Crippen molar-refractivity contribution in [3.05, 3.63) is 27.8 Å². The molecule has 3 unspecified atom stereocenters. The van der Waals surface area contributed by atoms with E-state index in [0.717, 1.165) is 4.90 Å². The predicted molar refractivity (Wildman–Crippen MR) is 145 cm³/mol. The molecule has 3 amide bonds. The fourth-order valence-corrected chi connectivity index (χ4v) is 3.66. The number of aliphatic hydroxyl groups excluding tert-OH is 6. The minimum atomic E-state index is -1.28. The van der Waals surface area contributed by atoms with E-state index in [4.69, 9.17) is 10.2 Å². The first kappa shape index (κ1) is 37.5. The van der Waals surface area contributed by atoms with Gasteiger partial charge in [-0.2, -0.15) is 0 Å². The van der Waals surface area contributed by atoms with Gasteiger partial charge in [-0.1, -0.05) is 27.7 Å². The molecule has 0 saturated carbocycles. The lowest BCUT2D eigenvalue weighted by Crippen LogP contribution is -2.40. The third-order valence-electron chi connectivity index (χ3n) is 5.34. The number of anilines is 1. The number of carbonyl (C=O) groups is 3. The summed E-state index contributed by atoms with van der Waals surface area (Å²) in [6.45, 7) is 11.3. The molecule has 3 atom stereocenters. The molecule has 1 aromatic carbocycles. The summed E-state index contributed by atoms with van der Waals surface area (Å²) in [5.41, 5.74) is 1.17. The van der Waals surface area contributed by atoms with Crippen LogP contribution in [0.5, 0.6) is 0 Å². The summed E-state index contributed by atoms with van der Waals surface area (Å²) in [5.74, 6) is -1.84. The molecular weight excluding hydrogens is 498 g/mol. The van der Waals surface area contributed by atoms with Crippen molar-refractivity contribution in [2.24, 2.45) is 0 Å². The van der Waals surface area contributed by atoms with Crippen LogP contribution in [0.4, 0.5) is 5.69 Å². The second-order valence-electron chi connectivity index (χ2n) is 8.03. The van der Waals surface area contributed by atoms with Crippen molar-refractivity contribution in [2.45, 2.75) is 73.7 Å². The molecule has 0 saturated heterocycles. The minimum absolute atomic E-state index is 0.0448. The predicted octanol–water partition coefficient (Wildman–Crippen LogP) is -0.464. The van der Waals surface area contributed by atoms with Crippen LogP contribution >= 0.6 is 0 Å². The maximum atomic E-state index is 13.0. The first-order chi connectivity index (χ1) is 17.9. The monoisotopic (exact) mass is 545 g/mol. The quantitative estimate of drug-likeness (QED) is 0.171. The number of benzene rings is 1. The Hall–Kier alpha value is -2.61. The fraction of sp³-hybridized carbons (Fsp3) is 0.654. The lowest BCUT2D eigenvalue weighted by molar-refractivity contribution is -0.117. The molecule has 0 bridgehead atoms. The average Bonchev–Trinajstić information content (AvgIpc) is 2.91. The van der Waals surface area contributed by atoms with Crippen LogP contribution < -0.4 is 15.5 Å². The van der Waals surface area contributed by atoms with Crippen LogP contribution in [-0.2, 0) is 4.79 Å². The molecule has 1 aromatic rings. The van der Waals surface area contributed by atoms with Crippen molar-refractivity contribution in [1.82, 2.24) is 10.6 Å². The van der Waals surface area contributed by atoms with Gasteiger partial charge in [0, 0.05) is 31.1 Å². The Labute approximate surface area is 225 Å². The highest BCUT2D eigenvalue weighted by Gasteiger charge is 2.29. The Balaban J connectivity index is 0. The minimum Gasteiger partial charge on any atom is -0.394 e. The Morgan fingerprint density at radius 2 is 1.03 bits per heavy atom. The van der Waals surface area contributed by atoms with Crippen LogP contribution in [0.15, 0.2) is 0 Å². The van der Waals surface area contributed by atoms with Crippen molar-refractivity contribution < 1.29 is 45.0 Å². The van der Waals surface area contributed by atoms with Crippen molar-refractivity contribution in [2.75, 3.05) is 44.4 Å². The number of carbonyl (C=O) groups excluding carboxylic acids is 3. The van der Waals surface area contributed by atoms with Crippen LogP contribution in [-0.4, -0.2) is 106 Å². The number of rotatable bonds is 12. The summed E-state index contributed by atoms with van der Waals surface area (Å²) in [5, 5.41) is 61.4. The van der Waals surface area contributed by atoms with E-state index >= 15 is 0 Å². The number of amides is 3. The molecular formula is C26H47N3O9. The molecule has 0 aliphatic rings. The van der Waals surface area contributed by atoms with Gasteiger partial charge in [-0.15, -0.1) is 0 Å². The number of nitrogens with zero attached hydrogens (tertiary/aromatic N) is 1. The Bertz CT molecular complexity index is 840. The van der Waals surface area contributed by atoms with Gasteiger partial charge in [0.05, 0.1) is 50.4 Å². The van der Waals surface area contributed by atoms with E-state index in [2.05, 4.69) is 10.6 Å². The average molecular weight is 546 g/mol. The van der Waals surface area contributed by atoms with Crippen LogP contribution in [0.2, 0.25) is 0 Å². The zero-order chi connectivity index (χ0) is 30.2. The molecule has 0 aliphatic carbocycles. The van der Waals surface area contributed by atoms with E-state index < -0.39 is 55.9 Å². The highest BCUT2D eigenvalue weighted by atomic mass is 16.3. The number of hydrogen-bond donors (Lipinski definition) is 8. The van der Waals surface area contributed by atoms with Crippen LogP contribution in [0, 0.1) is 20.8 Å². The normalized spacial score (nSPS) is 12.6. The third-order valence-corrected chi connectivity index (χ3v) is 5.34. The van der Waals surface area contributed by atoms with E-state index in [1.807, 2.05) is 27.7 Å². The SMILES string of the molecule is CC.CC.CC(=O)N(CC(O)CO)c1c(C)c(C(=O)NCC(O)CO)c(C)c(C(=O)NCC(O)CO)c1C. The van der Waals surface area contributed by atoms with Gasteiger partial charge >= 0.3 is 0 Å². The molecule has 38 heavy (non-hydrogen) atoms. The van der Waals surface area contributed by atoms with E-state index in [0.29, 0.717) is 11.1 Å². The van der Waals surface area contributed by atoms with Gasteiger partial charge in [0.25, 0.3) is 11.8 Å². The molecule has 220 valence electrons. The molecule has 8 N–H and O–H groups in total. The summed E-state index contributed by atoms with van der Waals surface area (Å²) in [4.78, 5) is 39.7. The molecule has 0 fully saturated rings. The smallest absolute Gasteiger partial charge is 0.252 e. The summed E-state index contributed by atoms with van der Waals surface area (Å²) >= 11 is 0. The Morgan fingerprint density at radius 1 is 0.684 bits per heavy atom. The largest absolute Gasteiger partial charge is 0.394 e. The van der Waals surface area contributed by atoms with Crippen LogP contribution in [0.3, 0.4) is 0 Å². The molecule has 1 rings (SSSR count). The van der Waals surface area contributed by atoms with Crippen LogP contribution in [0.25, 0.3) is 0 Å². The van der Waals surface area contributed by atoms with Gasteiger partial charge in [0.1, 0.15) is 0 Å².